The summed E-state index contributed by atoms with van der Waals surface area (Å²) in [6, 6.07) is 10.4. The molecule has 1 aromatic carbocycles. The number of benzene rings is 1. The van der Waals surface area contributed by atoms with Gasteiger partial charge < -0.3 is 20.9 Å². The first-order chi connectivity index (χ1) is 11.8. The summed E-state index contributed by atoms with van der Waals surface area (Å²) in [6.45, 7) is 11.3. The van der Waals surface area contributed by atoms with Crippen LogP contribution in [0.2, 0.25) is 0 Å². The van der Waals surface area contributed by atoms with Crippen molar-refractivity contribution in [3.05, 3.63) is 35.9 Å². The molecule has 1 aromatic rings. The Labute approximate surface area is 175 Å². The summed E-state index contributed by atoms with van der Waals surface area (Å²) in [6.07, 6.45) is 0. The zero-order valence-corrected chi connectivity index (χ0v) is 19.0. The molecular formula is C19H34IN5O. The number of likely N-dealkylation sites (N-methyl/N-ethyl adjacent to an activating group) is 1. The molecule has 0 fully saturated rings. The smallest absolute Gasteiger partial charge is 0.242 e. The second-order valence-corrected chi connectivity index (χ2v) is 7.14. The third-order valence-corrected chi connectivity index (χ3v) is 3.32. The van der Waals surface area contributed by atoms with Crippen LogP contribution in [0.3, 0.4) is 0 Å². The fourth-order valence-electron chi connectivity index (χ4n) is 2.29. The number of rotatable bonds is 8. The fraction of sp³-hybridized carbons (Fsp3) is 0.579. The first-order valence-electron chi connectivity index (χ1n) is 8.86. The number of guanidine groups is 1. The van der Waals surface area contributed by atoms with Gasteiger partial charge in [-0.2, -0.15) is 0 Å². The van der Waals surface area contributed by atoms with Crippen molar-refractivity contribution in [2.45, 2.75) is 39.8 Å². The van der Waals surface area contributed by atoms with Gasteiger partial charge in [0.2, 0.25) is 5.91 Å². The molecule has 6 nitrogen and oxygen atoms in total. The van der Waals surface area contributed by atoms with Crippen LogP contribution in [0.4, 0.5) is 0 Å². The SMILES string of the molecule is CCNC(=NCC(=O)NC(C)(C)C)NCCN(C)Cc1ccccc1.I. The van der Waals surface area contributed by atoms with Crippen molar-refractivity contribution in [2.75, 3.05) is 33.2 Å². The standard InChI is InChI=1S/C19H33N5O.HI/c1-6-20-18(22-14-17(25)23-19(2,3)4)21-12-13-24(5)15-16-10-8-7-9-11-16;/h7-11H,6,12-15H2,1-5H3,(H,23,25)(H2,20,21,22);1H. The second-order valence-electron chi connectivity index (χ2n) is 7.14. The maximum atomic E-state index is 11.9. The van der Waals surface area contributed by atoms with Crippen LogP contribution >= 0.6 is 24.0 Å². The third-order valence-electron chi connectivity index (χ3n) is 3.32. The normalized spacial score (nSPS) is 11.7. The molecule has 0 saturated heterocycles. The van der Waals surface area contributed by atoms with E-state index >= 15 is 0 Å². The van der Waals surface area contributed by atoms with Crippen molar-refractivity contribution in [1.29, 1.82) is 0 Å². The number of hydrogen-bond donors (Lipinski definition) is 3. The Morgan fingerprint density at radius 1 is 1.15 bits per heavy atom. The van der Waals surface area contributed by atoms with Crippen molar-refractivity contribution < 1.29 is 4.79 Å². The van der Waals surface area contributed by atoms with Gasteiger partial charge in [0.1, 0.15) is 6.54 Å². The Kier molecular flexibility index (Phi) is 12.2. The number of carbonyl (C=O) groups is 1. The molecule has 0 aromatic heterocycles. The molecule has 0 unspecified atom stereocenters. The number of nitrogens with one attached hydrogen (secondary N) is 3. The van der Waals surface area contributed by atoms with E-state index in [0.717, 1.165) is 26.2 Å². The minimum absolute atomic E-state index is 0. The van der Waals surface area contributed by atoms with Crippen molar-refractivity contribution in [3.8, 4) is 0 Å². The zero-order chi connectivity index (χ0) is 18.7. The average Bonchev–Trinajstić information content (AvgIpc) is 2.52. The van der Waals surface area contributed by atoms with Crippen molar-refractivity contribution in [2.24, 2.45) is 4.99 Å². The van der Waals surface area contributed by atoms with Crippen LogP contribution in [0.5, 0.6) is 0 Å². The van der Waals surface area contributed by atoms with E-state index in [1.54, 1.807) is 0 Å². The van der Waals surface area contributed by atoms with Gasteiger partial charge >= 0.3 is 0 Å². The lowest BCUT2D eigenvalue weighted by Crippen LogP contribution is -2.44. The molecule has 1 rings (SSSR count). The molecule has 0 radical (unpaired) electrons. The molecule has 0 spiro atoms. The van der Waals surface area contributed by atoms with Gasteiger partial charge in [-0.05, 0) is 40.3 Å². The Bertz CT molecular complexity index is 543. The number of amides is 1. The summed E-state index contributed by atoms with van der Waals surface area (Å²) < 4.78 is 0. The summed E-state index contributed by atoms with van der Waals surface area (Å²) >= 11 is 0. The van der Waals surface area contributed by atoms with E-state index in [2.05, 4.69) is 57.2 Å². The lowest BCUT2D eigenvalue weighted by Gasteiger charge is -2.20. The van der Waals surface area contributed by atoms with E-state index in [1.165, 1.54) is 5.56 Å². The van der Waals surface area contributed by atoms with E-state index in [1.807, 2.05) is 33.8 Å². The lowest BCUT2D eigenvalue weighted by molar-refractivity contribution is -0.121. The van der Waals surface area contributed by atoms with Crippen LogP contribution in [0.25, 0.3) is 0 Å². The molecule has 1 amide bonds. The molecule has 0 aliphatic rings. The van der Waals surface area contributed by atoms with Gasteiger partial charge in [-0.1, -0.05) is 30.3 Å². The summed E-state index contributed by atoms with van der Waals surface area (Å²) in [4.78, 5) is 18.5. The van der Waals surface area contributed by atoms with Gasteiger partial charge in [-0.25, -0.2) is 4.99 Å². The molecule has 7 heteroatoms. The predicted molar refractivity (Wildman–Crippen MR) is 120 cm³/mol. The minimum Gasteiger partial charge on any atom is -0.357 e. The Morgan fingerprint density at radius 2 is 1.81 bits per heavy atom. The van der Waals surface area contributed by atoms with Gasteiger partial charge in [0.05, 0.1) is 0 Å². The van der Waals surface area contributed by atoms with Crippen molar-refractivity contribution in [3.63, 3.8) is 0 Å². The molecule has 3 N–H and O–H groups in total. The topological polar surface area (TPSA) is 68.8 Å². The average molecular weight is 475 g/mol. The predicted octanol–water partition coefficient (Wildman–Crippen LogP) is 2.21. The van der Waals surface area contributed by atoms with E-state index in [4.69, 9.17) is 0 Å². The summed E-state index contributed by atoms with van der Waals surface area (Å²) in [7, 11) is 2.09. The van der Waals surface area contributed by atoms with Gasteiger partial charge in [-0.3, -0.25) is 4.79 Å². The van der Waals surface area contributed by atoms with E-state index in [0.29, 0.717) is 5.96 Å². The van der Waals surface area contributed by atoms with E-state index in [9.17, 15) is 4.79 Å². The minimum atomic E-state index is -0.238. The maximum Gasteiger partial charge on any atom is 0.242 e. The highest BCUT2D eigenvalue weighted by Crippen LogP contribution is 2.01. The Hall–Kier alpha value is -1.35. The quantitative estimate of drug-likeness (QED) is 0.307. The monoisotopic (exact) mass is 475 g/mol. The molecule has 0 atom stereocenters. The lowest BCUT2D eigenvalue weighted by atomic mass is 10.1. The summed E-state index contributed by atoms with van der Waals surface area (Å²) in [5.41, 5.74) is 1.06. The third kappa shape index (κ3) is 12.1. The number of aliphatic imine (C=N–C) groups is 1. The van der Waals surface area contributed by atoms with E-state index in [-0.39, 0.29) is 42.0 Å². The Balaban J connectivity index is 0.00000625. The molecule has 148 valence electrons. The van der Waals surface area contributed by atoms with Crippen LogP contribution in [-0.2, 0) is 11.3 Å². The second kappa shape index (κ2) is 12.9. The van der Waals surface area contributed by atoms with Crippen molar-refractivity contribution >= 4 is 35.8 Å². The summed E-state index contributed by atoms with van der Waals surface area (Å²) in [5.74, 6) is 0.588. The fourth-order valence-corrected chi connectivity index (χ4v) is 2.29. The molecule has 0 heterocycles. The van der Waals surface area contributed by atoms with Crippen LogP contribution < -0.4 is 16.0 Å². The van der Waals surface area contributed by atoms with Crippen molar-refractivity contribution in [1.82, 2.24) is 20.9 Å². The van der Waals surface area contributed by atoms with Crippen LogP contribution in [0.1, 0.15) is 33.3 Å². The van der Waals surface area contributed by atoms with Gasteiger partial charge in [0, 0.05) is 31.7 Å². The first kappa shape index (κ1) is 24.7. The molecule has 0 aliphatic carbocycles. The molecule has 26 heavy (non-hydrogen) atoms. The largest absolute Gasteiger partial charge is 0.357 e. The number of carbonyl (C=O) groups excluding carboxylic acids is 1. The Morgan fingerprint density at radius 3 is 2.38 bits per heavy atom. The summed E-state index contributed by atoms with van der Waals surface area (Å²) in [5, 5.41) is 9.35. The van der Waals surface area contributed by atoms with E-state index < -0.39 is 0 Å². The number of nitrogens with zero attached hydrogens (tertiary/aromatic N) is 2. The van der Waals surface area contributed by atoms with Gasteiger partial charge in [0.25, 0.3) is 0 Å². The highest BCUT2D eigenvalue weighted by atomic mass is 127. The van der Waals surface area contributed by atoms with Gasteiger partial charge in [-0.15, -0.1) is 24.0 Å². The highest BCUT2D eigenvalue weighted by molar-refractivity contribution is 14.0. The zero-order valence-electron chi connectivity index (χ0n) is 16.6. The number of hydrogen-bond acceptors (Lipinski definition) is 3. The van der Waals surface area contributed by atoms with Crippen LogP contribution in [0, 0.1) is 0 Å². The molecule has 0 aliphatic heterocycles. The maximum absolute atomic E-state index is 11.9. The van der Waals surface area contributed by atoms with Crippen LogP contribution in [0.15, 0.2) is 35.3 Å². The number of halogens is 1. The molecular weight excluding hydrogens is 441 g/mol. The van der Waals surface area contributed by atoms with Gasteiger partial charge in [0.15, 0.2) is 5.96 Å². The molecule has 0 saturated carbocycles. The van der Waals surface area contributed by atoms with Crippen LogP contribution in [-0.4, -0.2) is 55.5 Å². The first-order valence-corrected chi connectivity index (χ1v) is 8.86. The molecule has 0 bridgehead atoms. The highest BCUT2D eigenvalue weighted by Gasteiger charge is 2.13.